The Balaban J connectivity index is 1.39. The van der Waals surface area contributed by atoms with E-state index in [4.69, 9.17) is 0 Å². The first-order valence-electron chi connectivity index (χ1n) is 8.74. The smallest absolute Gasteiger partial charge is 0.186 e. The molecule has 5 aromatic rings. The van der Waals surface area contributed by atoms with Crippen molar-refractivity contribution in [2.24, 2.45) is 0 Å². The summed E-state index contributed by atoms with van der Waals surface area (Å²) in [5.74, 6) is 1.50. The van der Waals surface area contributed by atoms with Gasteiger partial charge in [-0.05, 0) is 48.2 Å². The van der Waals surface area contributed by atoms with Crippen molar-refractivity contribution in [1.82, 2.24) is 34.6 Å². The number of nitrogens with zero attached hydrogens (tertiary/aromatic N) is 7. The van der Waals surface area contributed by atoms with Crippen molar-refractivity contribution in [2.45, 2.75) is 13.0 Å². The summed E-state index contributed by atoms with van der Waals surface area (Å²) in [6.07, 6.45) is 3.20. The van der Waals surface area contributed by atoms with Gasteiger partial charge in [0.15, 0.2) is 11.5 Å². The molecule has 4 heterocycles. The fourth-order valence-corrected chi connectivity index (χ4v) is 3.63. The Bertz CT molecular complexity index is 1190. The monoisotopic (exact) mass is 388 g/mol. The Labute approximate surface area is 164 Å². The lowest BCUT2D eigenvalue weighted by Gasteiger charge is -2.15. The van der Waals surface area contributed by atoms with E-state index in [1.165, 1.54) is 6.33 Å². The van der Waals surface area contributed by atoms with Gasteiger partial charge >= 0.3 is 0 Å². The topological polar surface area (TPSA) is 85.8 Å². The molecule has 5 rings (SSSR count). The highest BCUT2D eigenvalue weighted by molar-refractivity contribution is 7.08. The van der Waals surface area contributed by atoms with Gasteiger partial charge in [-0.3, -0.25) is 0 Å². The van der Waals surface area contributed by atoms with Gasteiger partial charge in [-0.2, -0.15) is 21.0 Å². The van der Waals surface area contributed by atoms with Gasteiger partial charge in [-0.1, -0.05) is 12.1 Å². The molecule has 0 aliphatic heterocycles. The van der Waals surface area contributed by atoms with Gasteiger partial charge in [0.2, 0.25) is 0 Å². The van der Waals surface area contributed by atoms with Crippen molar-refractivity contribution in [3.8, 4) is 17.1 Å². The normalized spacial score (nSPS) is 12.3. The summed E-state index contributed by atoms with van der Waals surface area (Å²) in [7, 11) is 0. The third kappa shape index (κ3) is 3.01. The number of anilines is 1. The number of rotatable bonds is 5. The van der Waals surface area contributed by atoms with Gasteiger partial charge in [0.25, 0.3) is 0 Å². The van der Waals surface area contributed by atoms with Crippen molar-refractivity contribution in [1.29, 1.82) is 0 Å². The van der Waals surface area contributed by atoms with E-state index in [9.17, 15) is 0 Å². The molecule has 0 fully saturated rings. The van der Waals surface area contributed by atoms with Crippen LogP contribution >= 0.6 is 11.3 Å². The van der Waals surface area contributed by atoms with E-state index >= 15 is 0 Å². The van der Waals surface area contributed by atoms with Gasteiger partial charge in [-0.15, -0.1) is 15.3 Å². The van der Waals surface area contributed by atoms with Gasteiger partial charge in [0.1, 0.15) is 18.5 Å². The Morgan fingerprint density at radius 1 is 1.04 bits per heavy atom. The molecule has 8 nitrogen and oxygen atoms in total. The van der Waals surface area contributed by atoms with Crippen LogP contribution in [0.4, 0.5) is 5.82 Å². The minimum absolute atomic E-state index is 0.0795. The van der Waals surface area contributed by atoms with Gasteiger partial charge in [-0.25, -0.2) is 9.67 Å². The quantitative estimate of drug-likeness (QED) is 0.495. The Morgan fingerprint density at radius 3 is 2.68 bits per heavy atom. The first-order valence-corrected chi connectivity index (χ1v) is 9.69. The van der Waals surface area contributed by atoms with Crippen LogP contribution in [-0.2, 0) is 0 Å². The lowest BCUT2D eigenvalue weighted by atomic mass is 10.1. The number of aromatic nitrogens is 7. The maximum absolute atomic E-state index is 4.68. The van der Waals surface area contributed by atoms with Crippen LogP contribution in [0.1, 0.15) is 18.5 Å². The van der Waals surface area contributed by atoms with E-state index in [1.54, 1.807) is 26.9 Å². The molecule has 0 aliphatic rings. The average Bonchev–Trinajstić information content (AvgIpc) is 3.48. The van der Waals surface area contributed by atoms with Gasteiger partial charge in [0, 0.05) is 17.0 Å². The van der Waals surface area contributed by atoms with Crippen molar-refractivity contribution in [3.05, 3.63) is 71.4 Å². The number of hydrogen-bond acceptors (Lipinski definition) is 7. The summed E-state index contributed by atoms with van der Waals surface area (Å²) in [6.45, 7) is 2.10. The van der Waals surface area contributed by atoms with Crippen LogP contribution in [0.2, 0.25) is 0 Å². The highest BCUT2D eigenvalue weighted by Crippen LogP contribution is 2.23. The maximum atomic E-state index is 4.68. The number of benzene rings is 1. The Morgan fingerprint density at radius 2 is 1.93 bits per heavy atom. The highest BCUT2D eigenvalue weighted by atomic mass is 32.1. The number of thiophene rings is 1. The summed E-state index contributed by atoms with van der Waals surface area (Å²) >= 11 is 1.62. The lowest BCUT2D eigenvalue weighted by molar-refractivity contribution is 0.841. The highest BCUT2D eigenvalue weighted by Gasteiger charge is 2.12. The minimum atomic E-state index is 0.0795. The molecule has 0 radical (unpaired) electrons. The van der Waals surface area contributed by atoms with E-state index in [0.717, 1.165) is 34.1 Å². The molecule has 28 heavy (non-hydrogen) atoms. The summed E-state index contributed by atoms with van der Waals surface area (Å²) in [5.41, 5.74) is 3.85. The molecule has 1 atom stereocenters. The third-order valence-electron chi connectivity index (χ3n) is 4.48. The van der Waals surface area contributed by atoms with Crippen molar-refractivity contribution in [2.75, 3.05) is 5.32 Å². The minimum Gasteiger partial charge on any atom is -0.362 e. The molecule has 0 spiro atoms. The summed E-state index contributed by atoms with van der Waals surface area (Å²) in [6, 6.07) is 14.1. The lowest BCUT2D eigenvalue weighted by Crippen LogP contribution is -2.10. The molecular weight excluding hydrogens is 372 g/mol. The molecule has 0 aliphatic carbocycles. The molecular formula is C19H16N8S. The first kappa shape index (κ1) is 16.6. The molecule has 1 N–H and O–H groups in total. The van der Waals surface area contributed by atoms with Gasteiger partial charge < -0.3 is 5.32 Å². The second-order valence-corrected chi connectivity index (χ2v) is 7.10. The zero-order valence-corrected chi connectivity index (χ0v) is 15.8. The predicted octanol–water partition coefficient (Wildman–Crippen LogP) is 3.61. The Kier molecular flexibility index (Phi) is 4.06. The molecule has 9 heteroatoms. The van der Waals surface area contributed by atoms with E-state index in [2.05, 4.69) is 49.8 Å². The van der Waals surface area contributed by atoms with Crippen LogP contribution in [0.3, 0.4) is 0 Å². The maximum Gasteiger partial charge on any atom is 0.186 e. The third-order valence-corrected chi connectivity index (χ3v) is 5.17. The zero-order chi connectivity index (χ0) is 18.9. The van der Waals surface area contributed by atoms with Crippen LogP contribution in [-0.4, -0.2) is 34.6 Å². The molecule has 138 valence electrons. The van der Waals surface area contributed by atoms with Crippen LogP contribution in [0.25, 0.3) is 22.7 Å². The molecule has 1 unspecified atom stereocenters. The summed E-state index contributed by atoms with van der Waals surface area (Å²) < 4.78 is 3.50. The van der Waals surface area contributed by atoms with Crippen molar-refractivity contribution >= 4 is 22.8 Å². The molecule has 0 saturated heterocycles. The van der Waals surface area contributed by atoms with E-state index in [-0.39, 0.29) is 6.04 Å². The van der Waals surface area contributed by atoms with Crippen LogP contribution in [0.5, 0.6) is 0 Å². The van der Waals surface area contributed by atoms with Gasteiger partial charge in [0.05, 0.1) is 5.69 Å². The number of fused-ring (bicyclic) bond motifs is 1. The molecule has 0 amide bonds. The second-order valence-electron chi connectivity index (χ2n) is 6.32. The van der Waals surface area contributed by atoms with Crippen molar-refractivity contribution < 1.29 is 0 Å². The van der Waals surface area contributed by atoms with E-state index < -0.39 is 0 Å². The average molecular weight is 388 g/mol. The first-order chi connectivity index (χ1) is 13.8. The van der Waals surface area contributed by atoms with Crippen LogP contribution in [0, 0.1) is 0 Å². The fraction of sp³-hybridized carbons (Fsp3) is 0.105. The van der Waals surface area contributed by atoms with Crippen molar-refractivity contribution in [3.63, 3.8) is 0 Å². The molecule has 4 aromatic heterocycles. The fourth-order valence-electron chi connectivity index (χ4n) is 3.00. The van der Waals surface area contributed by atoms with E-state index in [1.807, 2.05) is 41.1 Å². The number of hydrogen-bond donors (Lipinski definition) is 1. The standard InChI is InChI=1S/C19H16N8S/c1-13(14-2-4-16(5-3-14)26-12-20-11-21-26)22-17-6-7-18-23-24-19(27(18)25-17)15-8-9-28-10-15/h2-13H,1H3,(H,22,25). The summed E-state index contributed by atoms with van der Waals surface area (Å²) in [5, 5.41) is 24.8. The largest absolute Gasteiger partial charge is 0.362 e. The predicted molar refractivity (Wildman–Crippen MR) is 107 cm³/mol. The molecule has 0 saturated carbocycles. The zero-order valence-electron chi connectivity index (χ0n) is 15.0. The Hall–Kier alpha value is -3.59. The van der Waals surface area contributed by atoms with Crippen LogP contribution in [0.15, 0.2) is 65.9 Å². The van der Waals surface area contributed by atoms with E-state index in [0.29, 0.717) is 0 Å². The second kappa shape index (κ2) is 6.86. The SMILES string of the molecule is CC(Nc1ccc2nnc(-c3ccsc3)n2n1)c1ccc(-n2cncn2)cc1. The number of nitrogens with one attached hydrogen (secondary N) is 1. The van der Waals surface area contributed by atoms with Crippen LogP contribution < -0.4 is 5.32 Å². The molecule has 1 aromatic carbocycles. The molecule has 0 bridgehead atoms. The summed E-state index contributed by atoms with van der Waals surface area (Å²) in [4.78, 5) is 3.98.